The summed E-state index contributed by atoms with van der Waals surface area (Å²) in [5.74, 6) is 0. The first-order valence-corrected chi connectivity index (χ1v) is 3.47. The zero-order chi connectivity index (χ0) is 8.97. The van der Waals surface area contributed by atoms with Crippen molar-refractivity contribution in [1.29, 1.82) is 0 Å². The highest BCUT2D eigenvalue weighted by atomic mass is 16.2. The third-order valence-electron chi connectivity index (χ3n) is 1.37. The summed E-state index contributed by atoms with van der Waals surface area (Å²) in [5, 5.41) is 6.88. The number of primary amides is 1. The number of hydrogen-bond donors (Lipinski definition) is 1. The Morgan fingerprint density at radius 2 is 2.08 bits per heavy atom. The molecule has 4 nitrogen and oxygen atoms in total. The van der Waals surface area contributed by atoms with Gasteiger partial charge in [0.25, 0.3) is 0 Å². The fourth-order valence-electron chi connectivity index (χ4n) is 0.779. The van der Waals surface area contributed by atoms with E-state index in [0.717, 1.165) is 5.56 Å². The molecular weight excluding hydrogens is 154 g/mol. The Morgan fingerprint density at radius 3 is 2.67 bits per heavy atom. The Hall–Kier alpha value is -1.71. The number of benzene rings is 1. The highest BCUT2D eigenvalue weighted by Crippen LogP contribution is 2.16. The maximum atomic E-state index is 10.2. The van der Waals surface area contributed by atoms with E-state index >= 15 is 0 Å². The first kappa shape index (κ1) is 8.39. The molecule has 1 rings (SSSR count). The Kier molecular flexibility index (Phi) is 2.53. The van der Waals surface area contributed by atoms with E-state index < -0.39 is 6.03 Å². The number of amides is 2. The van der Waals surface area contributed by atoms with Crippen molar-refractivity contribution in [3.05, 3.63) is 29.8 Å². The molecule has 0 unspecified atom stereocenters. The summed E-state index contributed by atoms with van der Waals surface area (Å²) in [6.07, 6.45) is 0. The molecule has 1 aromatic carbocycles. The molecule has 4 heteroatoms. The van der Waals surface area contributed by atoms with Gasteiger partial charge in [-0.3, -0.25) is 0 Å². The van der Waals surface area contributed by atoms with Crippen LogP contribution in [0.1, 0.15) is 5.56 Å². The highest BCUT2D eigenvalue weighted by Gasteiger charge is 1.93. The van der Waals surface area contributed by atoms with Gasteiger partial charge in [-0.15, -0.1) is 5.11 Å². The number of carbonyl (C=O) groups excluding carboxylic acids is 1. The summed E-state index contributed by atoms with van der Waals surface area (Å²) in [6.45, 7) is 1.88. The summed E-state index contributed by atoms with van der Waals surface area (Å²) in [4.78, 5) is 10.2. The summed E-state index contributed by atoms with van der Waals surface area (Å²) in [7, 11) is 0. The largest absolute Gasteiger partial charge is 0.356 e. The van der Waals surface area contributed by atoms with Crippen LogP contribution in [-0.2, 0) is 0 Å². The molecule has 0 saturated heterocycles. The number of carbonyl (C=O) groups is 1. The zero-order valence-corrected chi connectivity index (χ0v) is 6.69. The van der Waals surface area contributed by atoms with Gasteiger partial charge in [0, 0.05) is 0 Å². The molecule has 0 aliphatic rings. The second kappa shape index (κ2) is 3.61. The van der Waals surface area contributed by atoms with E-state index in [1.165, 1.54) is 0 Å². The van der Waals surface area contributed by atoms with E-state index in [1.54, 1.807) is 6.07 Å². The van der Waals surface area contributed by atoms with Crippen molar-refractivity contribution in [3.63, 3.8) is 0 Å². The molecular formula is C8H9N3O. The number of nitrogens with zero attached hydrogens (tertiary/aromatic N) is 2. The van der Waals surface area contributed by atoms with Crippen LogP contribution in [0.4, 0.5) is 10.5 Å². The lowest BCUT2D eigenvalue weighted by molar-refractivity contribution is 0.255. The number of hydrogen-bond acceptors (Lipinski definition) is 2. The molecule has 0 aliphatic heterocycles. The Labute approximate surface area is 70.1 Å². The number of urea groups is 1. The van der Waals surface area contributed by atoms with Crippen molar-refractivity contribution in [3.8, 4) is 0 Å². The van der Waals surface area contributed by atoms with Gasteiger partial charge in [0.15, 0.2) is 0 Å². The molecule has 12 heavy (non-hydrogen) atoms. The highest BCUT2D eigenvalue weighted by molar-refractivity contribution is 5.72. The molecule has 62 valence electrons. The molecule has 0 radical (unpaired) electrons. The van der Waals surface area contributed by atoms with Crippen LogP contribution >= 0.6 is 0 Å². The van der Waals surface area contributed by atoms with Gasteiger partial charge >= 0.3 is 6.03 Å². The molecule has 0 fully saturated rings. The third kappa shape index (κ3) is 2.16. The van der Waals surface area contributed by atoms with Crippen molar-refractivity contribution in [2.75, 3.05) is 0 Å². The minimum absolute atomic E-state index is 0.663. The monoisotopic (exact) mass is 163 g/mol. The van der Waals surface area contributed by atoms with Crippen molar-refractivity contribution >= 4 is 11.7 Å². The Bertz CT molecular complexity index is 320. The van der Waals surface area contributed by atoms with Gasteiger partial charge in [-0.2, -0.15) is 0 Å². The van der Waals surface area contributed by atoms with Crippen molar-refractivity contribution in [2.24, 2.45) is 16.0 Å². The molecule has 0 aliphatic carbocycles. The number of rotatable bonds is 1. The van der Waals surface area contributed by atoms with Crippen LogP contribution < -0.4 is 5.73 Å². The molecule has 0 bridgehead atoms. The molecule has 0 spiro atoms. The van der Waals surface area contributed by atoms with E-state index in [4.69, 9.17) is 5.73 Å². The van der Waals surface area contributed by atoms with Crippen molar-refractivity contribution in [2.45, 2.75) is 6.92 Å². The maximum absolute atomic E-state index is 10.2. The van der Waals surface area contributed by atoms with Gasteiger partial charge in [-0.1, -0.05) is 23.3 Å². The van der Waals surface area contributed by atoms with E-state index in [-0.39, 0.29) is 0 Å². The standard InChI is InChI=1S/C8H9N3O/c1-6-4-2-3-5-7(6)10-11-8(9)12/h2-5H,1H3,(H2,9,12). The molecule has 0 heterocycles. The van der Waals surface area contributed by atoms with E-state index in [9.17, 15) is 4.79 Å². The zero-order valence-electron chi connectivity index (χ0n) is 6.69. The molecule has 0 saturated carbocycles. The van der Waals surface area contributed by atoms with Gasteiger partial charge in [0.1, 0.15) is 0 Å². The third-order valence-corrected chi connectivity index (χ3v) is 1.37. The van der Waals surface area contributed by atoms with Crippen LogP contribution in [-0.4, -0.2) is 6.03 Å². The minimum atomic E-state index is -0.779. The summed E-state index contributed by atoms with van der Waals surface area (Å²) < 4.78 is 0. The first-order chi connectivity index (χ1) is 5.70. The number of aryl methyl sites for hydroxylation is 1. The average Bonchev–Trinajstić information content (AvgIpc) is 2.03. The fraction of sp³-hybridized carbons (Fsp3) is 0.125. The number of nitrogens with two attached hydrogens (primary N) is 1. The van der Waals surface area contributed by atoms with Crippen LogP contribution in [0.25, 0.3) is 0 Å². The quantitative estimate of drug-likeness (QED) is 0.633. The van der Waals surface area contributed by atoms with Crippen LogP contribution in [0.15, 0.2) is 34.5 Å². The lowest BCUT2D eigenvalue weighted by atomic mass is 10.2. The van der Waals surface area contributed by atoms with E-state index in [1.807, 2.05) is 25.1 Å². The van der Waals surface area contributed by atoms with E-state index in [2.05, 4.69) is 10.2 Å². The first-order valence-electron chi connectivity index (χ1n) is 3.47. The normalized spacial score (nSPS) is 10.4. The van der Waals surface area contributed by atoms with Crippen LogP contribution in [0, 0.1) is 6.92 Å². The van der Waals surface area contributed by atoms with Gasteiger partial charge in [-0.25, -0.2) is 4.79 Å². The molecule has 0 atom stereocenters. The second-order valence-corrected chi connectivity index (χ2v) is 2.32. The lowest BCUT2D eigenvalue weighted by Crippen LogP contribution is -2.01. The molecule has 2 amide bonds. The molecule has 0 aromatic heterocycles. The summed E-state index contributed by atoms with van der Waals surface area (Å²) in [6, 6.07) is 6.58. The van der Waals surface area contributed by atoms with E-state index in [0.29, 0.717) is 5.69 Å². The second-order valence-electron chi connectivity index (χ2n) is 2.32. The van der Waals surface area contributed by atoms with Gasteiger partial charge in [-0.05, 0) is 18.6 Å². The smallest absolute Gasteiger partial charge is 0.348 e. The van der Waals surface area contributed by atoms with Crippen LogP contribution in [0.2, 0.25) is 0 Å². The van der Waals surface area contributed by atoms with Gasteiger partial charge < -0.3 is 5.73 Å². The van der Waals surface area contributed by atoms with Crippen molar-refractivity contribution in [1.82, 2.24) is 0 Å². The lowest BCUT2D eigenvalue weighted by Gasteiger charge is -1.94. The van der Waals surface area contributed by atoms with Crippen molar-refractivity contribution < 1.29 is 4.79 Å². The van der Waals surface area contributed by atoms with Gasteiger partial charge in [0.05, 0.1) is 5.69 Å². The summed E-state index contributed by atoms with van der Waals surface area (Å²) >= 11 is 0. The predicted molar refractivity (Wildman–Crippen MR) is 45.3 cm³/mol. The average molecular weight is 163 g/mol. The molecule has 1 aromatic rings. The predicted octanol–water partition coefficient (Wildman–Crippen LogP) is 2.16. The maximum Gasteiger partial charge on any atom is 0.356 e. The Balaban J connectivity index is 2.89. The van der Waals surface area contributed by atoms with Crippen LogP contribution in [0.3, 0.4) is 0 Å². The fourth-order valence-corrected chi connectivity index (χ4v) is 0.779. The topological polar surface area (TPSA) is 67.8 Å². The van der Waals surface area contributed by atoms with Crippen LogP contribution in [0.5, 0.6) is 0 Å². The SMILES string of the molecule is Cc1ccccc1N=NC(N)=O. The number of azo groups is 1. The Morgan fingerprint density at radius 1 is 1.42 bits per heavy atom. The van der Waals surface area contributed by atoms with Gasteiger partial charge in [0.2, 0.25) is 0 Å². The summed E-state index contributed by atoms with van der Waals surface area (Å²) in [5.41, 5.74) is 6.41. The minimum Gasteiger partial charge on any atom is -0.348 e. The molecule has 2 N–H and O–H groups in total.